The van der Waals surface area contributed by atoms with Crippen LogP contribution in [0.3, 0.4) is 0 Å². The van der Waals surface area contributed by atoms with Crippen molar-refractivity contribution in [2.45, 2.75) is 19.9 Å². The number of nitrogens with zero attached hydrogens (tertiary/aromatic N) is 6. The van der Waals surface area contributed by atoms with Gasteiger partial charge in [0.05, 0.1) is 36.0 Å². The summed E-state index contributed by atoms with van der Waals surface area (Å²) >= 11 is 6.03. The number of hydrogen-bond acceptors (Lipinski definition) is 11. The molecule has 1 amide bonds. The Bertz CT molecular complexity index is 1910. The predicted octanol–water partition coefficient (Wildman–Crippen LogP) is 2.88. The first-order chi connectivity index (χ1) is 20.8. The molecule has 4 heterocycles. The quantitative estimate of drug-likeness (QED) is 0.274. The minimum Gasteiger partial charge on any atom is -0.481 e. The number of amides is 1. The maximum atomic E-state index is 13.7. The number of fused-ring (bicyclic) bond motifs is 1. The lowest BCUT2D eigenvalue weighted by molar-refractivity contribution is 0.0977. The van der Waals surface area contributed by atoms with Gasteiger partial charge in [0.25, 0.3) is 11.5 Å². The molecular weight excluding hydrogens is 608 g/mol. The van der Waals surface area contributed by atoms with Crippen molar-refractivity contribution >= 4 is 55.9 Å². The van der Waals surface area contributed by atoms with Crippen LogP contribution in [0.4, 0.5) is 17.5 Å². The first-order valence-electron chi connectivity index (χ1n) is 13.8. The van der Waals surface area contributed by atoms with Gasteiger partial charge in [0.15, 0.2) is 5.69 Å². The number of aromatic nitrogens is 4. The summed E-state index contributed by atoms with van der Waals surface area (Å²) in [5.74, 6) is 0.991. The lowest BCUT2D eigenvalue weighted by Crippen LogP contribution is -2.48. The van der Waals surface area contributed by atoms with E-state index in [9.17, 15) is 18.0 Å². The zero-order chi connectivity index (χ0) is 31.8. The number of anilines is 3. The summed E-state index contributed by atoms with van der Waals surface area (Å²) in [5, 5.41) is 3.73. The zero-order valence-electron chi connectivity index (χ0n) is 25.0. The van der Waals surface area contributed by atoms with Gasteiger partial charge in [0.2, 0.25) is 21.9 Å². The highest BCUT2D eigenvalue weighted by Gasteiger charge is 2.25. The maximum Gasteiger partial charge on any atom is 0.285 e. The lowest BCUT2D eigenvalue weighted by Gasteiger charge is -2.36. The van der Waals surface area contributed by atoms with Crippen molar-refractivity contribution in [3.63, 3.8) is 0 Å². The topological polar surface area (TPSA) is 152 Å². The van der Waals surface area contributed by atoms with Gasteiger partial charge >= 0.3 is 0 Å². The Morgan fingerprint density at radius 2 is 1.75 bits per heavy atom. The van der Waals surface area contributed by atoms with E-state index in [0.29, 0.717) is 48.9 Å². The van der Waals surface area contributed by atoms with Crippen molar-refractivity contribution in [2.24, 2.45) is 7.05 Å². The van der Waals surface area contributed by atoms with Crippen LogP contribution in [0.15, 0.2) is 47.3 Å². The van der Waals surface area contributed by atoms with Crippen LogP contribution in [0.1, 0.15) is 34.6 Å². The summed E-state index contributed by atoms with van der Waals surface area (Å²) in [6.07, 6.45) is 0.878. The molecule has 0 bridgehead atoms. The normalized spacial score (nSPS) is 14.4. The van der Waals surface area contributed by atoms with Crippen molar-refractivity contribution in [1.29, 1.82) is 0 Å². The van der Waals surface area contributed by atoms with E-state index in [1.165, 1.54) is 6.07 Å². The van der Waals surface area contributed by atoms with Gasteiger partial charge in [-0.05, 0) is 43.7 Å². The SMILES string of the molecule is COc1cccc(N2CCN(c3nc4c([C@@H](C)Nc5ccc(Cl)nc5C(=O)NS(C)(=O)=O)cc(C)cc4c(=O)n3C)CC2)n1. The van der Waals surface area contributed by atoms with E-state index >= 15 is 0 Å². The fourth-order valence-corrected chi connectivity index (χ4v) is 5.82. The Hall–Kier alpha value is -4.43. The molecular formula is C29H33ClN8O5S. The molecule has 0 aliphatic carbocycles. The highest BCUT2D eigenvalue weighted by atomic mass is 35.5. The predicted molar refractivity (Wildman–Crippen MR) is 171 cm³/mol. The molecule has 44 heavy (non-hydrogen) atoms. The number of piperazine rings is 1. The van der Waals surface area contributed by atoms with Crippen LogP contribution in [-0.2, 0) is 17.1 Å². The molecule has 0 saturated carbocycles. The maximum absolute atomic E-state index is 13.7. The zero-order valence-corrected chi connectivity index (χ0v) is 26.5. The van der Waals surface area contributed by atoms with Gasteiger partial charge in [0, 0.05) is 44.9 Å². The monoisotopic (exact) mass is 640 g/mol. The van der Waals surface area contributed by atoms with Crippen LogP contribution in [0.5, 0.6) is 5.88 Å². The van der Waals surface area contributed by atoms with Crippen LogP contribution in [0.2, 0.25) is 5.15 Å². The number of aryl methyl sites for hydroxylation is 1. The van der Waals surface area contributed by atoms with E-state index in [1.807, 2.05) is 42.8 Å². The Kier molecular flexibility index (Phi) is 8.66. The second-order valence-corrected chi connectivity index (χ2v) is 12.8. The smallest absolute Gasteiger partial charge is 0.285 e. The van der Waals surface area contributed by atoms with Crippen molar-refractivity contribution < 1.29 is 17.9 Å². The van der Waals surface area contributed by atoms with E-state index in [-0.39, 0.29) is 22.1 Å². The van der Waals surface area contributed by atoms with Crippen molar-refractivity contribution in [3.05, 3.63) is 74.8 Å². The van der Waals surface area contributed by atoms with Gasteiger partial charge < -0.3 is 19.9 Å². The lowest BCUT2D eigenvalue weighted by atomic mass is 10.0. The van der Waals surface area contributed by atoms with E-state index < -0.39 is 22.0 Å². The summed E-state index contributed by atoms with van der Waals surface area (Å²) in [6.45, 7) is 6.34. The molecule has 1 fully saturated rings. The number of carbonyl (C=O) groups is 1. The summed E-state index contributed by atoms with van der Waals surface area (Å²) in [4.78, 5) is 44.2. The molecule has 1 aliphatic rings. The molecule has 13 nitrogen and oxygen atoms in total. The van der Waals surface area contributed by atoms with Gasteiger partial charge in [-0.15, -0.1) is 0 Å². The van der Waals surface area contributed by atoms with E-state index in [4.69, 9.17) is 21.3 Å². The molecule has 0 radical (unpaired) electrons. The van der Waals surface area contributed by atoms with E-state index in [2.05, 4.69) is 25.1 Å². The van der Waals surface area contributed by atoms with E-state index in [0.717, 1.165) is 23.2 Å². The van der Waals surface area contributed by atoms with Crippen molar-refractivity contribution in [2.75, 3.05) is 54.7 Å². The van der Waals surface area contributed by atoms with Crippen LogP contribution in [0.25, 0.3) is 10.9 Å². The van der Waals surface area contributed by atoms with Crippen LogP contribution < -0.4 is 30.1 Å². The van der Waals surface area contributed by atoms with Gasteiger partial charge in [-0.1, -0.05) is 23.7 Å². The molecule has 4 aromatic rings. The molecule has 232 valence electrons. The number of methoxy groups -OCH3 is 1. The molecule has 1 aromatic carbocycles. The van der Waals surface area contributed by atoms with Gasteiger partial charge in [0.1, 0.15) is 11.0 Å². The molecule has 1 atom stereocenters. The number of hydrogen-bond donors (Lipinski definition) is 2. The van der Waals surface area contributed by atoms with Crippen LogP contribution in [-0.4, -0.2) is 73.4 Å². The first kappa shape index (κ1) is 31.0. The highest BCUT2D eigenvalue weighted by Crippen LogP contribution is 2.29. The molecule has 15 heteroatoms. The number of sulfonamides is 1. The minimum absolute atomic E-state index is 0.0277. The van der Waals surface area contributed by atoms with Crippen LogP contribution in [0, 0.1) is 6.92 Å². The number of pyridine rings is 2. The summed E-state index contributed by atoms with van der Waals surface area (Å²) in [5.41, 5.74) is 2.01. The Morgan fingerprint density at radius 3 is 2.43 bits per heavy atom. The summed E-state index contributed by atoms with van der Waals surface area (Å²) < 4.78 is 32.2. The number of ether oxygens (including phenoxy) is 1. The molecule has 5 rings (SSSR count). The fraction of sp³-hybridized carbons (Fsp3) is 0.345. The number of rotatable bonds is 8. The highest BCUT2D eigenvalue weighted by molar-refractivity contribution is 7.89. The third-order valence-corrected chi connectivity index (χ3v) is 8.09. The van der Waals surface area contributed by atoms with Gasteiger partial charge in [-0.3, -0.25) is 14.2 Å². The number of benzene rings is 1. The van der Waals surface area contributed by atoms with Crippen molar-refractivity contribution in [1.82, 2.24) is 24.2 Å². The molecule has 0 unspecified atom stereocenters. The largest absolute Gasteiger partial charge is 0.481 e. The molecule has 0 spiro atoms. The standard InChI is InChI=1S/C29H33ClN8O5S/c1-17-15-19(18(2)31-21-9-10-22(30)32-26(21)27(39)35-44(5,41)42)25-20(16-17)28(40)36(3)29(34-25)38-13-11-37(12-14-38)23-7-6-8-24(33-23)43-4/h6-10,15-16,18,31H,11-14H2,1-5H3,(H,35,39)/t18-/m1/s1. The number of halogens is 1. The molecule has 1 aliphatic heterocycles. The summed E-state index contributed by atoms with van der Waals surface area (Å²) in [7, 11) is -0.533. The number of nitrogens with one attached hydrogen (secondary N) is 2. The average molecular weight is 641 g/mol. The second-order valence-electron chi connectivity index (χ2n) is 10.6. The molecule has 3 aromatic heterocycles. The van der Waals surface area contributed by atoms with Crippen molar-refractivity contribution in [3.8, 4) is 5.88 Å². The number of carbonyl (C=O) groups excluding carboxylic acids is 1. The Balaban J connectivity index is 1.47. The van der Waals surface area contributed by atoms with Gasteiger partial charge in [-0.2, -0.15) is 4.98 Å². The van der Waals surface area contributed by atoms with Gasteiger partial charge in [-0.25, -0.2) is 23.1 Å². The van der Waals surface area contributed by atoms with E-state index in [1.54, 1.807) is 30.9 Å². The Morgan fingerprint density at radius 1 is 1.05 bits per heavy atom. The Labute approximate surface area is 259 Å². The average Bonchev–Trinajstić information content (AvgIpc) is 2.99. The molecule has 1 saturated heterocycles. The first-order valence-corrected chi connectivity index (χ1v) is 16.1. The minimum atomic E-state index is -3.84. The second kappa shape index (κ2) is 12.3. The fourth-order valence-electron chi connectivity index (χ4n) is 5.24. The summed E-state index contributed by atoms with van der Waals surface area (Å²) in [6, 6.07) is 12.0. The third-order valence-electron chi connectivity index (χ3n) is 7.33. The molecule has 2 N–H and O–H groups in total. The van der Waals surface area contributed by atoms with Crippen LogP contribution >= 0.6 is 11.6 Å². The third kappa shape index (κ3) is 6.55.